The third-order valence-electron chi connectivity index (χ3n) is 7.94. The molecule has 3 aromatic rings. The molecule has 1 spiro atoms. The quantitative estimate of drug-likeness (QED) is 0.630. The Hall–Kier alpha value is -3.41. The molecule has 2 saturated carbocycles. The largest absolute Gasteiger partial charge is 0.361 e. The van der Waals surface area contributed by atoms with E-state index in [-0.39, 0.29) is 11.8 Å². The molecule has 0 bridgehead atoms. The van der Waals surface area contributed by atoms with Crippen LogP contribution in [0.3, 0.4) is 0 Å². The number of amidine groups is 1. The molecule has 7 rings (SSSR count). The van der Waals surface area contributed by atoms with E-state index in [9.17, 15) is 9.59 Å². The molecule has 3 heterocycles. The van der Waals surface area contributed by atoms with Crippen molar-refractivity contribution in [2.45, 2.75) is 37.6 Å². The number of rotatable bonds is 5. The Bertz CT molecular complexity index is 1330. The first kappa shape index (κ1) is 20.0. The molecule has 1 aromatic heterocycles. The van der Waals surface area contributed by atoms with Gasteiger partial charge in [-0.2, -0.15) is 0 Å². The standard InChI is InChI=1S/C28H28N4O2/c33-26(22-6-7-22)31-14-10-18(16-31)17-32-25(30-28(11-12-28)27(32)34)21-4-1-19(2-5-21)23-8-3-20-9-13-29-24(20)15-23/h1-5,8-9,13,15,18,22,29H,6-7,10-12,14,16-17H2/t18-/m1/s1. The van der Waals surface area contributed by atoms with Crippen molar-refractivity contribution in [1.82, 2.24) is 14.8 Å². The second kappa shape index (κ2) is 7.29. The maximum atomic E-state index is 13.3. The molecule has 172 valence electrons. The number of likely N-dealkylation sites (tertiary alicyclic amines) is 1. The number of aliphatic imine (C=N–C) groups is 1. The van der Waals surface area contributed by atoms with E-state index >= 15 is 0 Å². The van der Waals surface area contributed by atoms with E-state index in [0.717, 1.165) is 73.2 Å². The number of nitrogens with one attached hydrogen (secondary N) is 1. The number of amides is 2. The Kier molecular flexibility index (Phi) is 4.29. The fourth-order valence-corrected chi connectivity index (χ4v) is 5.56. The van der Waals surface area contributed by atoms with Gasteiger partial charge in [0.2, 0.25) is 5.91 Å². The van der Waals surface area contributed by atoms with Crippen LogP contribution in [-0.2, 0) is 9.59 Å². The molecule has 2 amide bonds. The fourth-order valence-electron chi connectivity index (χ4n) is 5.56. The Balaban J connectivity index is 1.12. The number of fused-ring (bicyclic) bond motifs is 1. The van der Waals surface area contributed by atoms with Gasteiger partial charge >= 0.3 is 0 Å². The van der Waals surface area contributed by atoms with E-state index in [4.69, 9.17) is 4.99 Å². The van der Waals surface area contributed by atoms with Crippen molar-refractivity contribution in [3.63, 3.8) is 0 Å². The molecule has 4 aliphatic rings. The summed E-state index contributed by atoms with van der Waals surface area (Å²) < 4.78 is 0. The zero-order valence-corrected chi connectivity index (χ0v) is 19.2. The van der Waals surface area contributed by atoms with Gasteiger partial charge in [0.15, 0.2) is 0 Å². The summed E-state index contributed by atoms with van der Waals surface area (Å²) in [6.45, 7) is 2.23. The van der Waals surface area contributed by atoms with E-state index in [0.29, 0.717) is 18.4 Å². The number of carbonyl (C=O) groups is 2. The smallest absolute Gasteiger partial charge is 0.256 e. The summed E-state index contributed by atoms with van der Waals surface area (Å²) in [5, 5.41) is 1.20. The van der Waals surface area contributed by atoms with Crippen LogP contribution >= 0.6 is 0 Å². The van der Waals surface area contributed by atoms with Gasteiger partial charge in [-0.1, -0.05) is 36.4 Å². The Labute approximate surface area is 198 Å². The van der Waals surface area contributed by atoms with E-state index in [2.05, 4.69) is 53.5 Å². The highest BCUT2D eigenvalue weighted by Gasteiger charge is 2.57. The third-order valence-corrected chi connectivity index (χ3v) is 7.94. The van der Waals surface area contributed by atoms with Gasteiger partial charge in [0.1, 0.15) is 11.4 Å². The van der Waals surface area contributed by atoms with Crippen LogP contribution in [0.5, 0.6) is 0 Å². The molecule has 1 atom stereocenters. The average molecular weight is 453 g/mol. The van der Waals surface area contributed by atoms with Crippen LogP contribution < -0.4 is 0 Å². The Morgan fingerprint density at radius 1 is 1.00 bits per heavy atom. The molecule has 6 heteroatoms. The molecular formula is C28H28N4O2. The van der Waals surface area contributed by atoms with Gasteiger partial charge in [-0.15, -0.1) is 0 Å². The number of H-pyrrole nitrogens is 1. The second-order valence-corrected chi connectivity index (χ2v) is 10.5. The molecule has 0 unspecified atom stereocenters. The zero-order valence-electron chi connectivity index (χ0n) is 19.2. The first-order valence-corrected chi connectivity index (χ1v) is 12.5. The van der Waals surface area contributed by atoms with Crippen LogP contribution in [0.15, 0.2) is 59.7 Å². The highest BCUT2D eigenvalue weighted by atomic mass is 16.2. The van der Waals surface area contributed by atoms with Crippen molar-refractivity contribution in [1.29, 1.82) is 0 Å². The predicted molar refractivity (Wildman–Crippen MR) is 131 cm³/mol. The average Bonchev–Trinajstić information content (AvgIpc) is 3.74. The van der Waals surface area contributed by atoms with Crippen molar-refractivity contribution in [3.8, 4) is 11.1 Å². The molecule has 1 saturated heterocycles. The maximum Gasteiger partial charge on any atom is 0.256 e. The Morgan fingerprint density at radius 3 is 2.53 bits per heavy atom. The number of carbonyl (C=O) groups excluding carboxylic acids is 2. The summed E-state index contributed by atoms with van der Waals surface area (Å²) in [5.74, 6) is 1.85. The van der Waals surface area contributed by atoms with Gasteiger partial charge in [-0.25, -0.2) is 0 Å². The first-order valence-electron chi connectivity index (χ1n) is 12.5. The van der Waals surface area contributed by atoms with Crippen LogP contribution in [0.1, 0.15) is 37.7 Å². The fraction of sp³-hybridized carbons (Fsp3) is 0.393. The lowest BCUT2D eigenvalue weighted by atomic mass is 10.0. The molecule has 3 fully saturated rings. The van der Waals surface area contributed by atoms with Crippen LogP contribution in [0.4, 0.5) is 0 Å². The summed E-state index contributed by atoms with van der Waals surface area (Å²) in [4.78, 5) is 37.9. The van der Waals surface area contributed by atoms with Gasteiger partial charge in [0.25, 0.3) is 5.91 Å². The van der Waals surface area contributed by atoms with Gasteiger partial charge in [-0.05, 0) is 66.7 Å². The highest BCUT2D eigenvalue weighted by Crippen LogP contribution is 2.46. The minimum atomic E-state index is -0.519. The van der Waals surface area contributed by atoms with Gasteiger partial charge in [0.05, 0.1) is 0 Å². The lowest BCUT2D eigenvalue weighted by Gasteiger charge is -2.23. The number of benzene rings is 2. The summed E-state index contributed by atoms with van der Waals surface area (Å²) in [6.07, 6.45) is 6.69. The van der Waals surface area contributed by atoms with Crippen molar-refractivity contribution in [2.24, 2.45) is 16.8 Å². The SMILES string of the molecule is O=C(C1CC1)N1CC[C@@H](CN2C(=O)C3(CC3)N=C2c2ccc(-c3ccc4cc[nH]c4c3)cc2)C1. The number of nitrogens with zero attached hydrogens (tertiary/aromatic N) is 3. The normalized spacial score (nSPS) is 23.2. The van der Waals surface area contributed by atoms with Gasteiger partial charge in [-0.3, -0.25) is 19.5 Å². The van der Waals surface area contributed by atoms with Crippen LogP contribution in [0.2, 0.25) is 0 Å². The van der Waals surface area contributed by atoms with Crippen molar-refractivity contribution in [2.75, 3.05) is 19.6 Å². The summed E-state index contributed by atoms with van der Waals surface area (Å²) in [7, 11) is 0. The lowest BCUT2D eigenvalue weighted by Crippen LogP contribution is -2.40. The van der Waals surface area contributed by atoms with Crippen LogP contribution in [0, 0.1) is 11.8 Å². The van der Waals surface area contributed by atoms with Crippen LogP contribution in [-0.4, -0.2) is 57.6 Å². The highest BCUT2D eigenvalue weighted by molar-refractivity contribution is 6.16. The van der Waals surface area contributed by atoms with Gasteiger partial charge in [0, 0.05) is 42.8 Å². The summed E-state index contributed by atoms with van der Waals surface area (Å²) in [6, 6.07) is 16.9. The van der Waals surface area contributed by atoms with E-state index < -0.39 is 5.54 Å². The Morgan fingerprint density at radius 2 is 1.76 bits per heavy atom. The molecular weight excluding hydrogens is 424 g/mol. The summed E-state index contributed by atoms with van der Waals surface area (Å²) >= 11 is 0. The predicted octanol–water partition coefficient (Wildman–Crippen LogP) is 4.21. The van der Waals surface area contributed by atoms with Gasteiger partial charge < -0.3 is 9.88 Å². The molecule has 34 heavy (non-hydrogen) atoms. The zero-order chi connectivity index (χ0) is 22.9. The molecule has 0 radical (unpaired) electrons. The maximum absolute atomic E-state index is 13.3. The molecule has 2 aromatic carbocycles. The number of hydrogen-bond acceptors (Lipinski definition) is 3. The topological polar surface area (TPSA) is 68.8 Å². The van der Waals surface area contributed by atoms with E-state index in [1.807, 2.05) is 16.0 Å². The first-order chi connectivity index (χ1) is 16.6. The monoisotopic (exact) mass is 452 g/mol. The van der Waals surface area contributed by atoms with Crippen LogP contribution in [0.25, 0.3) is 22.0 Å². The minimum absolute atomic E-state index is 0.149. The number of hydrogen-bond donors (Lipinski definition) is 1. The molecule has 2 aliphatic carbocycles. The summed E-state index contributed by atoms with van der Waals surface area (Å²) in [5.41, 5.74) is 3.90. The van der Waals surface area contributed by atoms with Crippen molar-refractivity contribution >= 4 is 28.6 Å². The molecule has 1 N–H and O–H groups in total. The minimum Gasteiger partial charge on any atom is -0.361 e. The molecule has 6 nitrogen and oxygen atoms in total. The van der Waals surface area contributed by atoms with E-state index in [1.165, 1.54) is 5.39 Å². The number of aromatic nitrogens is 1. The lowest BCUT2D eigenvalue weighted by molar-refractivity contribution is -0.131. The third kappa shape index (κ3) is 3.27. The second-order valence-electron chi connectivity index (χ2n) is 10.5. The number of aromatic amines is 1. The van der Waals surface area contributed by atoms with E-state index in [1.54, 1.807) is 0 Å². The van der Waals surface area contributed by atoms with Crippen molar-refractivity contribution in [3.05, 3.63) is 60.3 Å². The van der Waals surface area contributed by atoms with Crippen molar-refractivity contribution < 1.29 is 9.59 Å². The molecule has 2 aliphatic heterocycles.